The average Bonchev–Trinajstić information content (AvgIpc) is 2.40. The van der Waals surface area contributed by atoms with Crippen LogP contribution in [-0.4, -0.2) is 4.98 Å². The highest BCUT2D eigenvalue weighted by molar-refractivity contribution is 6.42. The summed E-state index contributed by atoms with van der Waals surface area (Å²) >= 11 is 11.8. The van der Waals surface area contributed by atoms with E-state index in [4.69, 9.17) is 28.5 Å². The number of rotatable bonds is 3. The summed E-state index contributed by atoms with van der Waals surface area (Å²) in [7, 11) is 0. The van der Waals surface area contributed by atoms with Crippen molar-refractivity contribution in [3.63, 3.8) is 0 Å². The first-order valence-electron chi connectivity index (χ1n) is 5.48. The molecule has 1 heterocycles. The van der Waals surface area contributed by atoms with Crippen molar-refractivity contribution in [2.75, 3.05) is 0 Å². The van der Waals surface area contributed by atoms with Crippen LogP contribution in [0.25, 0.3) is 0 Å². The Labute approximate surface area is 116 Å². The van der Waals surface area contributed by atoms with E-state index in [1.807, 2.05) is 24.3 Å². The monoisotopic (exact) mass is 276 g/mol. The molecule has 4 heteroatoms. The molecule has 0 saturated carbocycles. The van der Waals surface area contributed by atoms with Gasteiger partial charge in [0.2, 0.25) is 0 Å². The number of aryl methyl sites for hydroxylation is 2. The number of halogens is 2. The van der Waals surface area contributed by atoms with Crippen LogP contribution in [0.1, 0.15) is 16.8 Å². The van der Waals surface area contributed by atoms with Gasteiger partial charge in [-0.05, 0) is 42.2 Å². The predicted molar refractivity (Wildman–Crippen MR) is 72.8 cm³/mol. The van der Waals surface area contributed by atoms with Gasteiger partial charge in [-0.2, -0.15) is 5.26 Å². The molecule has 2 nitrogen and oxygen atoms in total. The highest BCUT2D eigenvalue weighted by atomic mass is 35.5. The summed E-state index contributed by atoms with van der Waals surface area (Å²) in [5.41, 5.74) is 2.53. The Morgan fingerprint density at radius 1 is 1.11 bits per heavy atom. The van der Waals surface area contributed by atoms with Crippen molar-refractivity contribution in [1.82, 2.24) is 4.98 Å². The molecule has 90 valence electrons. The van der Waals surface area contributed by atoms with Crippen LogP contribution in [-0.2, 0) is 12.8 Å². The standard InChI is InChI=1S/C14H10Cl2N2/c15-12-6-4-10(8-13(12)16)3-5-11-2-1-7-18-14(11)9-17/h1-2,4,6-8H,3,5H2. The minimum atomic E-state index is 0.484. The van der Waals surface area contributed by atoms with Gasteiger partial charge in [-0.3, -0.25) is 0 Å². The highest BCUT2D eigenvalue weighted by Crippen LogP contribution is 2.23. The number of pyridine rings is 1. The minimum absolute atomic E-state index is 0.484. The molecule has 0 atom stereocenters. The predicted octanol–water partition coefficient (Wildman–Crippen LogP) is 4.05. The molecule has 2 aromatic rings. The summed E-state index contributed by atoms with van der Waals surface area (Å²) in [6.07, 6.45) is 3.19. The van der Waals surface area contributed by atoms with Crippen LogP contribution in [0, 0.1) is 11.3 Å². The first-order valence-corrected chi connectivity index (χ1v) is 6.24. The summed E-state index contributed by atoms with van der Waals surface area (Å²) in [6, 6.07) is 11.4. The zero-order valence-electron chi connectivity index (χ0n) is 9.53. The van der Waals surface area contributed by atoms with E-state index in [1.165, 1.54) is 0 Å². The van der Waals surface area contributed by atoms with Crippen molar-refractivity contribution < 1.29 is 0 Å². The van der Waals surface area contributed by atoms with Crippen molar-refractivity contribution in [3.8, 4) is 6.07 Å². The summed E-state index contributed by atoms with van der Waals surface area (Å²) < 4.78 is 0. The van der Waals surface area contributed by atoms with Gasteiger partial charge in [0.1, 0.15) is 11.8 Å². The molecular formula is C14H10Cl2N2. The van der Waals surface area contributed by atoms with Crippen LogP contribution < -0.4 is 0 Å². The van der Waals surface area contributed by atoms with Crippen molar-refractivity contribution in [2.45, 2.75) is 12.8 Å². The molecule has 0 fully saturated rings. The van der Waals surface area contributed by atoms with E-state index in [1.54, 1.807) is 12.3 Å². The van der Waals surface area contributed by atoms with E-state index in [-0.39, 0.29) is 0 Å². The third kappa shape index (κ3) is 3.01. The van der Waals surface area contributed by atoms with E-state index in [9.17, 15) is 0 Å². The lowest BCUT2D eigenvalue weighted by Crippen LogP contribution is -1.96. The maximum absolute atomic E-state index is 8.95. The normalized spacial score (nSPS) is 10.1. The largest absolute Gasteiger partial charge is 0.245 e. The molecule has 1 aromatic carbocycles. The van der Waals surface area contributed by atoms with Crippen LogP contribution in [0.2, 0.25) is 10.0 Å². The fraction of sp³-hybridized carbons (Fsp3) is 0.143. The Morgan fingerprint density at radius 2 is 1.94 bits per heavy atom. The van der Waals surface area contributed by atoms with Gasteiger partial charge in [-0.1, -0.05) is 35.3 Å². The fourth-order valence-electron chi connectivity index (χ4n) is 1.72. The molecule has 0 aliphatic rings. The van der Waals surface area contributed by atoms with Gasteiger partial charge in [0.05, 0.1) is 10.0 Å². The van der Waals surface area contributed by atoms with Gasteiger partial charge in [-0.25, -0.2) is 4.98 Å². The topological polar surface area (TPSA) is 36.7 Å². The van der Waals surface area contributed by atoms with Crippen LogP contribution in [0.4, 0.5) is 0 Å². The molecule has 0 aliphatic heterocycles. The molecule has 1 aromatic heterocycles. The number of hydrogen-bond donors (Lipinski definition) is 0. The zero-order chi connectivity index (χ0) is 13.0. The number of nitrogens with zero attached hydrogens (tertiary/aromatic N) is 2. The molecule has 0 saturated heterocycles. The molecule has 0 unspecified atom stereocenters. The Hall–Kier alpha value is -1.56. The molecule has 0 aliphatic carbocycles. The summed E-state index contributed by atoms with van der Waals surface area (Å²) in [6.45, 7) is 0. The Bertz CT molecular complexity index is 603. The number of benzene rings is 1. The van der Waals surface area contributed by atoms with Gasteiger partial charge < -0.3 is 0 Å². The van der Waals surface area contributed by atoms with Gasteiger partial charge in [0.15, 0.2) is 0 Å². The smallest absolute Gasteiger partial charge is 0.143 e. The number of hydrogen-bond acceptors (Lipinski definition) is 2. The first-order chi connectivity index (χ1) is 8.70. The molecule has 18 heavy (non-hydrogen) atoms. The minimum Gasteiger partial charge on any atom is -0.245 e. The molecule has 0 N–H and O–H groups in total. The molecular weight excluding hydrogens is 267 g/mol. The number of aromatic nitrogens is 1. The quantitative estimate of drug-likeness (QED) is 0.848. The summed E-state index contributed by atoms with van der Waals surface area (Å²) in [4.78, 5) is 4.03. The average molecular weight is 277 g/mol. The van der Waals surface area contributed by atoms with Gasteiger partial charge in [0, 0.05) is 6.20 Å². The van der Waals surface area contributed by atoms with Gasteiger partial charge >= 0.3 is 0 Å². The second-order valence-corrected chi connectivity index (χ2v) is 4.69. The lowest BCUT2D eigenvalue weighted by Gasteiger charge is -2.04. The molecule has 0 bridgehead atoms. The second-order valence-electron chi connectivity index (χ2n) is 3.87. The molecule has 2 rings (SSSR count). The Balaban J connectivity index is 2.12. The Morgan fingerprint density at radius 3 is 2.67 bits per heavy atom. The van der Waals surface area contributed by atoms with Gasteiger partial charge in [-0.15, -0.1) is 0 Å². The van der Waals surface area contributed by atoms with Gasteiger partial charge in [0.25, 0.3) is 0 Å². The third-order valence-corrected chi connectivity index (χ3v) is 3.40. The first kappa shape index (κ1) is 12.9. The van der Waals surface area contributed by atoms with E-state index in [2.05, 4.69) is 11.1 Å². The van der Waals surface area contributed by atoms with Crippen molar-refractivity contribution in [1.29, 1.82) is 5.26 Å². The maximum atomic E-state index is 8.95. The van der Waals surface area contributed by atoms with E-state index < -0.39 is 0 Å². The van der Waals surface area contributed by atoms with Crippen LogP contribution >= 0.6 is 23.2 Å². The van der Waals surface area contributed by atoms with E-state index in [0.717, 1.165) is 24.0 Å². The van der Waals surface area contributed by atoms with Crippen molar-refractivity contribution in [3.05, 3.63) is 63.4 Å². The summed E-state index contributed by atoms with van der Waals surface area (Å²) in [5.74, 6) is 0. The lowest BCUT2D eigenvalue weighted by atomic mass is 10.0. The van der Waals surface area contributed by atoms with E-state index >= 15 is 0 Å². The van der Waals surface area contributed by atoms with E-state index in [0.29, 0.717) is 15.7 Å². The lowest BCUT2D eigenvalue weighted by molar-refractivity contribution is 0.942. The molecule has 0 spiro atoms. The summed E-state index contributed by atoms with van der Waals surface area (Å²) in [5, 5.41) is 10.1. The van der Waals surface area contributed by atoms with Crippen molar-refractivity contribution >= 4 is 23.2 Å². The SMILES string of the molecule is N#Cc1ncccc1CCc1ccc(Cl)c(Cl)c1. The molecule has 0 radical (unpaired) electrons. The fourth-order valence-corrected chi connectivity index (χ4v) is 2.04. The zero-order valence-corrected chi connectivity index (χ0v) is 11.0. The maximum Gasteiger partial charge on any atom is 0.143 e. The highest BCUT2D eigenvalue weighted by Gasteiger charge is 2.04. The van der Waals surface area contributed by atoms with Crippen LogP contribution in [0.3, 0.4) is 0 Å². The Kier molecular flexibility index (Phi) is 4.19. The number of nitriles is 1. The van der Waals surface area contributed by atoms with Crippen molar-refractivity contribution in [2.24, 2.45) is 0 Å². The third-order valence-electron chi connectivity index (χ3n) is 2.66. The van der Waals surface area contributed by atoms with Crippen LogP contribution in [0.15, 0.2) is 36.5 Å². The molecule has 0 amide bonds. The van der Waals surface area contributed by atoms with Crippen LogP contribution in [0.5, 0.6) is 0 Å². The second kappa shape index (κ2) is 5.86.